The molecule has 0 spiro atoms. The SMILES string of the molecule is CC[N-]CC.CC[N-]CC.CC[N-]CC.CCc1c(C)c2cc3[nH]c(cc4nc(cc5nc(cc1[nH]2)C(C)=C5CCC(=O)[O-])C(CCC(=O)[O-])=C4C)c(C)c3CC.CCc1c(C)c2cc3[nH]c(cc4nc(cc5nc(cc1[nH]2)C(C)=C5CCC(=O)[O-])C(CCC(=O)[O-])=C4C)c(C)c3CC.CCc1c(C)c2cc3[nH]c(cc4nc(cc5nc(cc1[nH]2)C(C)=C5CCC(=O)[O-])C(CCC(=O)[O-])=C4C)c(C)c3CC.[Cl-].[Cl-].[Cl-].[Ga+3].[Ga+3].[Ga+3].[Ga+3]. The molecule has 15 rings (SSSR count). The van der Waals surface area contributed by atoms with Gasteiger partial charge in [0.1, 0.15) is 0 Å². The molecule has 774 valence electrons. The van der Waals surface area contributed by atoms with Crippen LogP contribution in [-0.2, 0) is 67.3 Å². The molecule has 0 amide bonds. The van der Waals surface area contributed by atoms with Crippen LogP contribution in [-0.4, -0.2) is 214 Å². The van der Waals surface area contributed by atoms with Crippen molar-refractivity contribution in [1.29, 1.82) is 0 Å². The molecule has 9 aromatic heterocycles. The van der Waals surface area contributed by atoms with Crippen molar-refractivity contribution in [2.45, 2.75) is 282 Å². The molecule has 0 fully saturated rings. The smallest absolute Gasteiger partial charge is 1.00 e. The molecule has 0 saturated carbocycles. The summed E-state index contributed by atoms with van der Waals surface area (Å²) in [5.74, 6) is -6.75. The molecule has 0 radical (unpaired) electrons. The van der Waals surface area contributed by atoms with E-state index in [1.54, 1.807) is 0 Å². The van der Waals surface area contributed by atoms with Crippen molar-refractivity contribution in [3.05, 3.63) is 224 Å². The molecular formula is C114H138Cl3Ga4N15O12. The maximum absolute atomic E-state index is 11.4. The molecule has 0 aromatic carbocycles. The number of aliphatic carboxylic acids is 6. The Morgan fingerprint density at radius 3 is 0.459 bits per heavy atom. The number of halogens is 3. The summed E-state index contributed by atoms with van der Waals surface area (Å²) in [6, 6.07) is 24.3. The maximum Gasteiger partial charge on any atom is 3.00 e. The van der Waals surface area contributed by atoms with Crippen LogP contribution in [0.3, 0.4) is 0 Å². The molecule has 34 heteroatoms. The first-order valence-electron chi connectivity index (χ1n) is 49.8. The first-order chi connectivity index (χ1) is 67.3. The molecule has 6 aliphatic rings. The number of nitrogens with zero attached hydrogens (tertiary/aromatic N) is 9. The van der Waals surface area contributed by atoms with Crippen LogP contribution in [0.4, 0.5) is 0 Å². The van der Waals surface area contributed by atoms with Crippen molar-refractivity contribution in [2.24, 2.45) is 0 Å². The van der Waals surface area contributed by atoms with Crippen LogP contribution in [0, 0.1) is 41.5 Å². The Balaban J connectivity index is 0.000000520. The van der Waals surface area contributed by atoms with Gasteiger partial charge < -0.3 is 142 Å². The van der Waals surface area contributed by atoms with E-state index < -0.39 is 35.8 Å². The number of aromatic amines is 6. The second kappa shape index (κ2) is 61.4. The van der Waals surface area contributed by atoms with E-state index in [1.165, 1.54) is 50.1 Å². The van der Waals surface area contributed by atoms with Crippen molar-refractivity contribution in [3.63, 3.8) is 0 Å². The van der Waals surface area contributed by atoms with E-state index in [0.717, 1.165) is 262 Å². The molecule has 24 bridgehead atoms. The van der Waals surface area contributed by atoms with E-state index in [2.05, 4.69) is 147 Å². The van der Waals surface area contributed by atoms with Gasteiger partial charge in [0, 0.05) is 102 Å². The molecule has 0 atom stereocenters. The summed E-state index contributed by atoms with van der Waals surface area (Å²) in [6.07, 6.45) is 5.88. The third-order valence-electron chi connectivity index (χ3n) is 27.3. The minimum Gasteiger partial charge on any atom is -1.00 e. The summed E-state index contributed by atoms with van der Waals surface area (Å²) < 4.78 is 0. The number of allylic oxidation sites excluding steroid dienone is 12. The van der Waals surface area contributed by atoms with E-state index >= 15 is 0 Å². The molecule has 27 nitrogen and oxygen atoms in total. The zero-order valence-electron chi connectivity index (χ0n) is 90.3. The average Bonchev–Trinajstić information content (AvgIpc) is 1.62. The van der Waals surface area contributed by atoms with Gasteiger partial charge in [0.25, 0.3) is 0 Å². The van der Waals surface area contributed by atoms with Gasteiger partial charge in [0.2, 0.25) is 0 Å². The van der Waals surface area contributed by atoms with Crippen molar-refractivity contribution >= 4 is 248 Å². The van der Waals surface area contributed by atoms with Gasteiger partial charge in [-0.05, 0) is 405 Å². The number of rotatable bonds is 30. The third kappa shape index (κ3) is 32.0. The quantitative estimate of drug-likeness (QED) is 0.0229. The van der Waals surface area contributed by atoms with E-state index in [4.69, 9.17) is 29.9 Å². The minimum absolute atomic E-state index is 0. The fourth-order valence-electron chi connectivity index (χ4n) is 19.3. The summed E-state index contributed by atoms with van der Waals surface area (Å²) in [5.41, 5.74) is 44.8. The first kappa shape index (κ1) is 132. The van der Waals surface area contributed by atoms with Crippen LogP contribution in [0.2, 0.25) is 0 Å². The van der Waals surface area contributed by atoms with Gasteiger partial charge in [0.05, 0.1) is 68.3 Å². The minimum atomic E-state index is -1.13. The van der Waals surface area contributed by atoms with Crippen molar-refractivity contribution in [1.82, 2.24) is 59.8 Å². The predicted octanol–water partition coefficient (Wildman–Crippen LogP) is 8.62. The van der Waals surface area contributed by atoms with E-state index in [-0.39, 0.29) is 193 Å². The Labute approximate surface area is 941 Å². The number of H-pyrrole nitrogens is 6. The van der Waals surface area contributed by atoms with Crippen molar-refractivity contribution < 1.29 is 96.6 Å². The topological polar surface area (TPSA) is 455 Å². The van der Waals surface area contributed by atoms with Gasteiger partial charge >= 0.3 is 79.2 Å². The number of aromatic nitrogens is 12. The molecule has 148 heavy (non-hydrogen) atoms. The Morgan fingerprint density at radius 2 is 0.338 bits per heavy atom. The van der Waals surface area contributed by atoms with Gasteiger partial charge in [-0.3, -0.25) is 0 Å². The molecule has 6 N–H and O–H groups in total. The maximum atomic E-state index is 11.4. The number of hydrogen-bond acceptors (Lipinski definition) is 18. The number of nitrogens with one attached hydrogen (secondary N) is 6. The Kier molecular flexibility index (Phi) is 54.8. The van der Waals surface area contributed by atoms with Crippen LogP contribution in [0.25, 0.3) is 149 Å². The van der Waals surface area contributed by atoms with Gasteiger partial charge in [-0.15, -0.1) is 0 Å². The molecule has 6 aliphatic heterocycles. The molecular weight excluding hydrogens is 2160 g/mol. The van der Waals surface area contributed by atoms with Crippen molar-refractivity contribution in [3.8, 4) is 0 Å². The summed E-state index contributed by atoms with van der Waals surface area (Å²) in [6.45, 7) is 55.4. The van der Waals surface area contributed by atoms with Gasteiger partial charge in [-0.25, -0.2) is 29.9 Å². The zero-order valence-corrected chi connectivity index (χ0v) is 102. The molecule has 9 aromatic rings. The second-order valence-corrected chi connectivity index (χ2v) is 35.9. The first-order valence-corrected chi connectivity index (χ1v) is 49.8. The molecule has 15 heterocycles. The van der Waals surface area contributed by atoms with Crippen LogP contribution in [0.5, 0.6) is 0 Å². The fraction of sp³-hybridized carbons (Fsp3) is 0.421. The zero-order chi connectivity index (χ0) is 103. The Morgan fingerprint density at radius 1 is 0.209 bits per heavy atom. The van der Waals surface area contributed by atoms with E-state index in [0.29, 0.717) is 34.2 Å². The Bertz CT molecular complexity index is 6420. The third-order valence-corrected chi connectivity index (χ3v) is 27.3. The Hall–Kier alpha value is -10.1. The molecule has 0 saturated heterocycles. The fourth-order valence-corrected chi connectivity index (χ4v) is 19.3. The van der Waals surface area contributed by atoms with Crippen LogP contribution < -0.4 is 67.9 Å². The van der Waals surface area contributed by atoms with Crippen LogP contribution in [0.15, 0.2) is 72.8 Å². The number of carboxylic acid groups (broad SMARTS) is 6. The standard InChI is InChI=1S/3C34H38N4O4.3C4H10N.3ClH.4Ga/c3*1-7-21-17(3)25-13-26-19(5)23(9-11-33(39)40)31(37-26)16-32-24(10-12-34(41)42)20(6)28(38-32)15-30-22(8-2)18(4)27(36-30)14-29(21)35-25;3*1-3-5-4-2;;;;;;;/h3*13-16,35-36H,7-12H2,1-6H3,(H,39,40)(H,41,42);3*3-4H2,1-2H3;3*1H;;;;/q;;;3*-1;;;;4*+3/p-9. The average molecular weight is 2300 g/mol. The number of hydrogen-bond donors (Lipinski definition) is 6. The summed E-state index contributed by atoms with van der Waals surface area (Å²) in [5, 5.41) is 80.4. The molecule has 0 unspecified atom stereocenters. The van der Waals surface area contributed by atoms with E-state index in [1.807, 2.05) is 138 Å². The summed E-state index contributed by atoms with van der Waals surface area (Å²) in [7, 11) is 0. The number of aryl methyl sites for hydroxylation is 12. The van der Waals surface area contributed by atoms with Gasteiger partial charge in [-0.2, -0.15) is 39.3 Å². The molecule has 0 aliphatic carbocycles. The monoisotopic (exact) mass is 2290 g/mol. The number of carbonyl (C=O) groups excluding carboxylic acids is 6. The normalized spacial score (nSPS) is 12.2. The van der Waals surface area contributed by atoms with E-state index in [9.17, 15) is 59.4 Å². The number of carbonyl (C=O) groups is 6. The van der Waals surface area contributed by atoms with Crippen molar-refractivity contribution in [2.75, 3.05) is 39.3 Å². The van der Waals surface area contributed by atoms with Gasteiger partial charge in [-0.1, -0.05) is 83.1 Å². The largest absolute Gasteiger partial charge is 3.00 e. The summed E-state index contributed by atoms with van der Waals surface area (Å²) in [4.78, 5) is 120. The van der Waals surface area contributed by atoms with Gasteiger partial charge in [0.15, 0.2) is 0 Å². The predicted molar refractivity (Wildman–Crippen MR) is 584 cm³/mol. The second-order valence-electron chi connectivity index (χ2n) is 35.9. The summed E-state index contributed by atoms with van der Waals surface area (Å²) >= 11 is 0. The van der Waals surface area contributed by atoms with Crippen LogP contribution in [0.1, 0.15) is 337 Å². The number of carboxylic acids is 6. The number of fused-ring (bicyclic) bond motifs is 24. The van der Waals surface area contributed by atoms with Crippen LogP contribution >= 0.6 is 0 Å².